The minimum atomic E-state index is -5.04. The molecule has 4 aromatic rings. The Bertz CT molecular complexity index is 2640. The van der Waals surface area contributed by atoms with Crippen molar-refractivity contribution in [3.63, 3.8) is 0 Å². The van der Waals surface area contributed by atoms with Crippen molar-refractivity contribution in [1.82, 2.24) is 40.4 Å². The summed E-state index contributed by atoms with van der Waals surface area (Å²) < 4.78 is 141. The third-order valence-corrected chi connectivity index (χ3v) is 15.5. The van der Waals surface area contributed by atoms with Crippen LogP contribution in [0.1, 0.15) is 89.5 Å². The first-order valence-electron chi connectivity index (χ1n) is 30.0. The predicted molar refractivity (Wildman–Crippen MR) is 333 cm³/mol. The summed E-state index contributed by atoms with van der Waals surface area (Å²) in [6.45, 7) is 3.07. The van der Waals surface area contributed by atoms with Crippen molar-refractivity contribution in [2.45, 2.75) is 148 Å². The summed E-state index contributed by atoms with van der Waals surface area (Å²) in [4.78, 5) is 69.3. The van der Waals surface area contributed by atoms with E-state index in [0.717, 1.165) is 69.1 Å². The van der Waals surface area contributed by atoms with Gasteiger partial charge in [-0.3, -0.25) is 24.0 Å². The van der Waals surface area contributed by atoms with Crippen LogP contribution in [0.25, 0.3) is 0 Å². The van der Waals surface area contributed by atoms with Gasteiger partial charge in [-0.2, -0.15) is 39.5 Å². The zero-order chi connectivity index (χ0) is 65.0. The number of ether oxygens (including phenoxy) is 2. The second-order valence-electron chi connectivity index (χ2n) is 22.0. The first-order chi connectivity index (χ1) is 42.5. The van der Waals surface area contributed by atoms with E-state index < -0.39 is 60.4 Å². The van der Waals surface area contributed by atoms with Crippen LogP contribution >= 0.6 is 0 Å². The third-order valence-electron chi connectivity index (χ3n) is 15.5. The van der Waals surface area contributed by atoms with Crippen LogP contribution in [0.4, 0.5) is 39.5 Å². The topological polar surface area (TPSA) is 173 Å². The second-order valence-corrected chi connectivity index (χ2v) is 22.0. The van der Waals surface area contributed by atoms with Gasteiger partial charge in [-0.1, -0.05) is 130 Å². The average Bonchev–Trinajstić information content (AvgIpc) is 1.72. The van der Waals surface area contributed by atoms with E-state index in [0.29, 0.717) is 51.5 Å². The van der Waals surface area contributed by atoms with Crippen molar-refractivity contribution in [2.75, 3.05) is 86.2 Å². The van der Waals surface area contributed by atoms with Gasteiger partial charge in [0.15, 0.2) is 0 Å². The molecular formula is C65H92BF9N8O8. The summed E-state index contributed by atoms with van der Waals surface area (Å²) >= 11 is 0. The minimum absolute atomic E-state index is 0. The number of halogens is 9. The number of alkyl halides is 9. The smallest absolute Gasteiger partial charge is 0.375 e. The Morgan fingerprint density at radius 3 is 1.15 bits per heavy atom. The molecule has 5 atom stereocenters. The quantitative estimate of drug-likeness (QED) is 0.0365. The van der Waals surface area contributed by atoms with Gasteiger partial charge in [0.05, 0.1) is 26.4 Å². The number of likely N-dealkylation sites (N-methyl/N-ethyl adjacent to an activating group) is 2. The van der Waals surface area contributed by atoms with Crippen molar-refractivity contribution in [2.24, 2.45) is 0 Å². The fraction of sp³-hybridized carbons (Fsp3) is 0.554. The summed E-state index contributed by atoms with van der Waals surface area (Å²) in [5.41, 5.74) is 4.12. The molecule has 3 N–H and O–H groups in total. The van der Waals surface area contributed by atoms with Gasteiger partial charge in [0.1, 0.15) is 12.1 Å². The molecule has 3 saturated heterocycles. The van der Waals surface area contributed by atoms with Crippen molar-refractivity contribution in [3.05, 3.63) is 143 Å². The number of benzene rings is 4. The molecule has 0 aromatic heterocycles. The number of rotatable bonds is 28. The van der Waals surface area contributed by atoms with E-state index in [1.165, 1.54) is 9.80 Å². The average molecular weight is 1300 g/mol. The van der Waals surface area contributed by atoms with Crippen LogP contribution in [0.2, 0.25) is 6.32 Å². The number of nitrogens with one attached hydrogen (secondary N) is 3. The molecule has 0 saturated carbocycles. The van der Waals surface area contributed by atoms with Crippen molar-refractivity contribution >= 4 is 36.7 Å². The van der Waals surface area contributed by atoms with Crippen molar-refractivity contribution in [1.29, 1.82) is 0 Å². The van der Waals surface area contributed by atoms with Crippen LogP contribution in [0, 0.1) is 0 Å². The fourth-order valence-electron chi connectivity index (χ4n) is 10.7. The van der Waals surface area contributed by atoms with E-state index in [1.807, 2.05) is 61.5 Å². The monoisotopic (exact) mass is 1290 g/mol. The Morgan fingerprint density at radius 2 is 0.868 bits per heavy atom. The largest absolute Gasteiger partial charge is 0.471 e. The van der Waals surface area contributed by atoms with E-state index in [9.17, 15) is 68.2 Å². The van der Waals surface area contributed by atoms with Gasteiger partial charge in [-0.15, -0.1) is 0 Å². The molecule has 5 amide bonds. The summed E-state index contributed by atoms with van der Waals surface area (Å²) in [6, 6.07) is 31.7. The second kappa shape index (κ2) is 39.6. The fourth-order valence-corrected chi connectivity index (χ4v) is 10.7. The van der Waals surface area contributed by atoms with Gasteiger partial charge in [-0.05, 0) is 106 Å². The van der Waals surface area contributed by atoms with E-state index in [-0.39, 0.29) is 113 Å². The zero-order valence-electron chi connectivity index (χ0n) is 50.6. The zero-order valence-corrected chi connectivity index (χ0v) is 50.6. The number of carbonyl (C=O) groups is 5. The summed E-state index contributed by atoms with van der Waals surface area (Å²) in [6.07, 6.45) is -9.49. The maximum atomic E-state index is 13.6. The van der Waals surface area contributed by atoms with Gasteiger partial charge >= 0.3 is 61.3 Å². The Labute approximate surface area is 531 Å². The molecule has 3 heterocycles. The summed E-state index contributed by atoms with van der Waals surface area (Å²) in [5.74, 6) is -6.25. The standard InChI is InChI=1S/C46H58F6N6O6.C15H19F3N2O.C2H5BO.2CH4.H2/c1-53-39(41(59)57-23-9-15-37(57)27-55(43(61)45(47,48)49)25-21-33-11-5-3-6-12-33)31-63-29-35-17-19-36(20-18-35)30-64-32-40(54-2)42(60)58-24-10-16-38(58)28-56(44(62)46(50,51)52)26-22-34-13-7-4-8-14-34;16-15(17,18)14(21)20(11-13-7-4-9-19-13)10-8-12-5-2-1-3-6-12;1-2-3-4;;;/h3-8,11-14,17-20,37-40,53-54H,9-10,15-16,21-32H2,1-2H3;1-3,5-6,13,19H,4,7-11H2;2H2,1H3;2*1H4;1H/t37-,38-,39-,40-;13-;;;;/m00..../s1. The van der Waals surface area contributed by atoms with Crippen LogP contribution < -0.4 is 16.0 Å². The van der Waals surface area contributed by atoms with Gasteiger partial charge in [0, 0.05) is 71.9 Å². The molecule has 16 nitrogen and oxygen atoms in total. The number of carbonyl (C=O) groups excluding carboxylic acids is 5. The molecule has 3 aliphatic rings. The van der Waals surface area contributed by atoms with Gasteiger partial charge in [-0.25, -0.2) is 0 Å². The molecule has 91 heavy (non-hydrogen) atoms. The molecule has 26 heteroatoms. The first-order valence-corrected chi connectivity index (χ1v) is 30.0. The van der Waals surface area contributed by atoms with E-state index >= 15 is 0 Å². The van der Waals surface area contributed by atoms with Crippen LogP contribution in [0.5, 0.6) is 0 Å². The summed E-state index contributed by atoms with van der Waals surface area (Å²) in [7, 11) is 4.08. The Kier molecular flexibility index (Phi) is 34.2. The van der Waals surface area contributed by atoms with Crippen LogP contribution in [-0.2, 0) is 70.6 Å². The van der Waals surface area contributed by atoms with Gasteiger partial charge in [0.2, 0.25) is 11.8 Å². The molecule has 506 valence electrons. The Morgan fingerprint density at radius 1 is 0.538 bits per heavy atom. The summed E-state index contributed by atoms with van der Waals surface area (Å²) in [5, 5.41) is 9.04. The SMILES string of the molecule is C.C.CCB=O.CN[C@@H](COCc1ccc(COC[C@H](NC)C(=O)N2CCC[C@H]2CN(CCc2ccccc2)C(=O)C(F)(F)F)cc1)C(=O)N1CCC[C@H]1CN(CCc1ccccc1)C(=O)C(F)(F)F.O=C(N(CCc1ccccc1)C[C@@H]1CCCN1)C(F)(F)F.[HH]. The molecule has 0 aliphatic carbocycles. The first kappa shape index (κ1) is 78.5. The Balaban J connectivity index is 0.000000859. The van der Waals surface area contributed by atoms with Crippen molar-refractivity contribution < 1.29 is 79.1 Å². The number of amides is 5. The Hall–Kier alpha value is -6.74. The van der Waals surface area contributed by atoms with Crippen molar-refractivity contribution in [3.8, 4) is 0 Å². The number of nitrogens with zero attached hydrogens (tertiary/aromatic N) is 5. The molecule has 7 rings (SSSR count). The predicted octanol–water partition coefficient (Wildman–Crippen LogP) is 9.51. The number of hydrogen-bond donors (Lipinski definition) is 3. The normalized spacial score (nSPS) is 16.9. The van der Waals surface area contributed by atoms with E-state index in [4.69, 9.17) is 9.47 Å². The number of likely N-dealkylation sites (tertiary alicyclic amines) is 2. The molecule has 3 aliphatic heterocycles. The van der Waals surface area contributed by atoms with Crippen LogP contribution in [-0.4, -0.2) is 196 Å². The maximum Gasteiger partial charge on any atom is 0.471 e. The maximum absolute atomic E-state index is 13.6. The molecule has 3 fully saturated rings. The number of hydrogen-bond acceptors (Lipinski definition) is 11. The van der Waals surface area contributed by atoms with E-state index in [2.05, 4.69) is 16.0 Å². The minimum Gasteiger partial charge on any atom is -0.375 e. The van der Waals surface area contributed by atoms with Gasteiger partial charge in [0.25, 0.3) is 0 Å². The molecule has 0 spiro atoms. The molecule has 4 aromatic carbocycles. The van der Waals surface area contributed by atoms with E-state index in [1.54, 1.807) is 74.8 Å². The molecule has 0 radical (unpaired) electrons. The van der Waals surface area contributed by atoms with Crippen LogP contribution in [0.15, 0.2) is 115 Å². The molecule has 0 unspecified atom stereocenters. The third kappa shape index (κ3) is 26.4. The molecular weight excluding hydrogens is 1200 g/mol. The molecule has 0 bridgehead atoms. The van der Waals surface area contributed by atoms with Gasteiger partial charge < -0.3 is 49.9 Å². The van der Waals surface area contributed by atoms with Crippen LogP contribution in [0.3, 0.4) is 0 Å².